The molecule has 28 heavy (non-hydrogen) atoms. The molecule has 0 radical (unpaired) electrons. The molecular weight excluding hydrogens is 419 g/mol. The summed E-state index contributed by atoms with van der Waals surface area (Å²) in [5.41, 5.74) is -1.27. The van der Waals surface area contributed by atoms with Crippen molar-refractivity contribution in [2.45, 2.75) is 42.1 Å². The Kier molecular flexibility index (Phi) is 6.49. The molecule has 2 atom stereocenters. The van der Waals surface area contributed by atoms with Crippen LogP contribution in [0.25, 0.3) is 0 Å². The minimum Gasteiger partial charge on any atom is -0.467 e. The molecule has 1 aromatic carbocycles. The van der Waals surface area contributed by atoms with Crippen LogP contribution in [0.15, 0.2) is 29.2 Å². The van der Waals surface area contributed by atoms with Gasteiger partial charge in [0.05, 0.1) is 34.2 Å². The van der Waals surface area contributed by atoms with Crippen molar-refractivity contribution in [3.8, 4) is 0 Å². The fourth-order valence-corrected chi connectivity index (χ4v) is 5.42. The quantitative estimate of drug-likeness (QED) is 0.517. The second kappa shape index (κ2) is 8.16. The van der Waals surface area contributed by atoms with Crippen LogP contribution in [0.3, 0.4) is 0 Å². The summed E-state index contributed by atoms with van der Waals surface area (Å²) in [5.74, 6) is -1.06. The normalized spacial score (nSPS) is 20.1. The lowest BCUT2D eigenvalue weighted by molar-refractivity contribution is -0.144. The number of sulfone groups is 1. The number of benzene rings is 1. The molecule has 1 aliphatic rings. The van der Waals surface area contributed by atoms with Crippen LogP contribution in [-0.4, -0.2) is 55.0 Å². The Bertz CT molecular complexity index is 898. The Morgan fingerprint density at radius 1 is 1.29 bits per heavy atom. The predicted octanol–water partition coefficient (Wildman–Crippen LogP) is 2.40. The molecular formula is C17H18F3NO5S2. The van der Waals surface area contributed by atoms with Crippen molar-refractivity contribution in [3.63, 3.8) is 0 Å². The first-order valence-corrected chi connectivity index (χ1v) is 10.1. The number of halogens is 3. The molecule has 0 saturated carbocycles. The number of ketones is 1. The lowest BCUT2D eigenvalue weighted by atomic mass is 10.2. The number of likely N-dealkylation sites (tertiary alicyclic amines) is 1. The minimum atomic E-state index is -4.85. The average molecular weight is 437 g/mol. The summed E-state index contributed by atoms with van der Waals surface area (Å²) in [7, 11) is -3.33. The maximum Gasteiger partial charge on any atom is 0.417 e. The number of methoxy groups -OCH3 is 1. The van der Waals surface area contributed by atoms with Crippen LogP contribution in [0.4, 0.5) is 13.2 Å². The Balaban J connectivity index is 2.44. The minimum absolute atomic E-state index is 0.0460. The molecule has 0 aromatic heterocycles. The summed E-state index contributed by atoms with van der Waals surface area (Å²) >= 11 is 5.13. The van der Waals surface area contributed by atoms with Crippen molar-refractivity contribution in [2.24, 2.45) is 0 Å². The number of alkyl halides is 3. The Morgan fingerprint density at radius 2 is 1.89 bits per heavy atom. The summed E-state index contributed by atoms with van der Waals surface area (Å²) in [6.45, 7) is 0.976. The summed E-state index contributed by atoms with van der Waals surface area (Å²) in [6.07, 6.45) is -5.33. The number of hydrogen-bond donors (Lipinski definition) is 0. The Labute approximate surface area is 165 Å². The van der Waals surface area contributed by atoms with Gasteiger partial charge in [0.2, 0.25) is 0 Å². The topological polar surface area (TPSA) is 80.8 Å². The number of carbonyl (C=O) groups is 2. The fourth-order valence-electron chi connectivity index (χ4n) is 3.10. The van der Waals surface area contributed by atoms with Crippen molar-refractivity contribution in [3.05, 3.63) is 29.8 Å². The number of hydrogen-bond acceptors (Lipinski definition) is 6. The summed E-state index contributed by atoms with van der Waals surface area (Å²) in [5, 5.41) is -1.31. The van der Waals surface area contributed by atoms with Gasteiger partial charge in [0, 0.05) is 6.54 Å². The SMILES string of the molecule is COC(=O)[C@@H]1C[C@@H](S(=O)(=O)c2ccccc2C(F)(F)F)CN1C(=S)CC(C)=O. The zero-order chi connectivity index (χ0) is 21.3. The number of esters is 1. The monoisotopic (exact) mass is 437 g/mol. The van der Waals surface area contributed by atoms with Crippen molar-refractivity contribution in [2.75, 3.05) is 13.7 Å². The van der Waals surface area contributed by atoms with E-state index in [1.807, 2.05) is 0 Å². The van der Waals surface area contributed by atoms with E-state index < -0.39 is 43.7 Å². The molecule has 6 nitrogen and oxygen atoms in total. The van der Waals surface area contributed by atoms with E-state index >= 15 is 0 Å². The largest absolute Gasteiger partial charge is 0.467 e. The average Bonchev–Trinajstić information content (AvgIpc) is 3.06. The molecule has 1 saturated heterocycles. The molecule has 0 amide bonds. The molecule has 0 N–H and O–H groups in total. The lowest BCUT2D eigenvalue weighted by Gasteiger charge is -2.24. The predicted molar refractivity (Wildman–Crippen MR) is 97.4 cm³/mol. The van der Waals surface area contributed by atoms with Gasteiger partial charge in [-0.2, -0.15) is 13.2 Å². The van der Waals surface area contributed by atoms with Crippen molar-refractivity contribution >= 4 is 38.8 Å². The highest BCUT2D eigenvalue weighted by atomic mass is 32.2. The first kappa shape index (κ1) is 22.3. The molecule has 154 valence electrons. The van der Waals surface area contributed by atoms with Crippen molar-refractivity contribution in [1.29, 1.82) is 0 Å². The fraction of sp³-hybridized carbons (Fsp3) is 0.471. The van der Waals surface area contributed by atoms with Crippen molar-refractivity contribution < 1.29 is 35.9 Å². The number of ether oxygens (including phenoxy) is 1. The molecule has 0 bridgehead atoms. The van der Waals surface area contributed by atoms with Gasteiger partial charge >= 0.3 is 12.1 Å². The van der Waals surface area contributed by atoms with Crippen LogP contribution < -0.4 is 0 Å². The van der Waals surface area contributed by atoms with E-state index in [1.54, 1.807) is 0 Å². The van der Waals surface area contributed by atoms with E-state index in [2.05, 4.69) is 4.74 Å². The highest BCUT2D eigenvalue weighted by Crippen LogP contribution is 2.37. The molecule has 1 heterocycles. The van der Waals surface area contributed by atoms with Crippen LogP contribution >= 0.6 is 12.2 Å². The van der Waals surface area contributed by atoms with Gasteiger partial charge in [0.15, 0.2) is 9.84 Å². The van der Waals surface area contributed by atoms with Gasteiger partial charge < -0.3 is 9.64 Å². The van der Waals surface area contributed by atoms with Crippen LogP contribution in [0.2, 0.25) is 0 Å². The number of thiocarbonyl (C=S) groups is 1. The van der Waals surface area contributed by atoms with Crippen molar-refractivity contribution in [1.82, 2.24) is 4.90 Å². The second-order valence-electron chi connectivity index (χ2n) is 6.36. The number of nitrogens with zero attached hydrogens (tertiary/aromatic N) is 1. The summed E-state index contributed by atoms with van der Waals surface area (Å²) in [6, 6.07) is 2.80. The lowest BCUT2D eigenvalue weighted by Crippen LogP contribution is -2.41. The van der Waals surface area contributed by atoms with Gasteiger partial charge in [-0.3, -0.25) is 4.79 Å². The Morgan fingerprint density at radius 3 is 2.43 bits per heavy atom. The zero-order valence-electron chi connectivity index (χ0n) is 15.0. The molecule has 0 aliphatic carbocycles. The van der Waals surface area contributed by atoms with Crippen LogP contribution in [0.5, 0.6) is 0 Å². The maximum absolute atomic E-state index is 13.3. The van der Waals surface area contributed by atoms with Gasteiger partial charge in [-0.15, -0.1) is 0 Å². The zero-order valence-corrected chi connectivity index (χ0v) is 16.7. The molecule has 1 aliphatic heterocycles. The van der Waals surface area contributed by atoms with Gasteiger partial charge in [-0.1, -0.05) is 24.4 Å². The first-order chi connectivity index (χ1) is 12.9. The highest BCUT2D eigenvalue weighted by molar-refractivity contribution is 7.92. The first-order valence-electron chi connectivity index (χ1n) is 8.16. The smallest absolute Gasteiger partial charge is 0.417 e. The third-order valence-electron chi connectivity index (χ3n) is 4.39. The van der Waals surface area contributed by atoms with Gasteiger partial charge in [-0.25, -0.2) is 13.2 Å². The van der Waals surface area contributed by atoms with E-state index in [0.717, 1.165) is 19.2 Å². The summed E-state index contributed by atoms with van der Waals surface area (Å²) in [4.78, 5) is 23.9. The van der Waals surface area contributed by atoms with E-state index in [9.17, 15) is 31.2 Å². The molecule has 1 fully saturated rings. The van der Waals surface area contributed by atoms with E-state index in [4.69, 9.17) is 12.2 Å². The number of rotatable bonds is 5. The van der Waals surface area contributed by atoms with Crippen LogP contribution in [0.1, 0.15) is 25.3 Å². The molecule has 0 spiro atoms. The maximum atomic E-state index is 13.3. The Hall–Kier alpha value is -2.01. The van der Waals surface area contributed by atoms with E-state index in [-0.39, 0.29) is 30.2 Å². The second-order valence-corrected chi connectivity index (χ2v) is 9.03. The van der Waals surface area contributed by atoms with Gasteiger partial charge in [-0.05, 0) is 25.5 Å². The third kappa shape index (κ3) is 4.52. The number of carbonyl (C=O) groups excluding carboxylic acids is 2. The van der Waals surface area contributed by atoms with E-state index in [0.29, 0.717) is 6.07 Å². The summed E-state index contributed by atoms with van der Waals surface area (Å²) < 4.78 is 70.4. The van der Waals surface area contributed by atoms with Gasteiger partial charge in [0.25, 0.3) is 0 Å². The van der Waals surface area contributed by atoms with Crippen LogP contribution in [-0.2, 0) is 30.3 Å². The van der Waals surface area contributed by atoms with Gasteiger partial charge in [0.1, 0.15) is 11.8 Å². The number of Topliss-reactive ketones (excluding diaryl/α,β-unsaturated/α-hetero) is 1. The van der Waals surface area contributed by atoms with Crippen LogP contribution in [0, 0.1) is 0 Å². The molecule has 0 unspecified atom stereocenters. The standard InChI is InChI=1S/C17H18F3NO5S2/c1-10(22)7-15(27)21-9-11(8-13(21)16(23)26-2)28(24,25)14-6-4-3-5-12(14)17(18,19)20/h3-6,11,13H,7-9H2,1-2H3/t11-,13+/m1/s1. The molecule has 2 rings (SSSR count). The third-order valence-corrected chi connectivity index (χ3v) is 6.96. The molecule has 11 heteroatoms. The highest BCUT2D eigenvalue weighted by Gasteiger charge is 2.47. The van der Waals surface area contributed by atoms with E-state index in [1.165, 1.54) is 17.9 Å². The molecule has 1 aromatic rings.